The maximum atomic E-state index is 11.1. The van der Waals surface area contributed by atoms with Gasteiger partial charge in [-0.1, -0.05) is 0 Å². The number of nitriles is 1. The van der Waals surface area contributed by atoms with E-state index in [0.29, 0.717) is 11.3 Å². The second kappa shape index (κ2) is 3.90. The molecule has 0 fully saturated rings. The number of rotatable bonds is 1. The smallest absolute Gasteiger partial charge is 0.266 e. The van der Waals surface area contributed by atoms with Crippen LogP contribution in [-0.4, -0.2) is 22.1 Å². The fourth-order valence-corrected chi connectivity index (χ4v) is 1.29. The van der Waals surface area contributed by atoms with E-state index >= 15 is 0 Å². The summed E-state index contributed by atoms with van der Waals surface area (Å²) in [5.41, 5.74) is 6.58. The average molecular weight is 213 g/mol. The lowest BCUT2D eigenvalue weighted by Crippen LogP contribution is -2.13. The number of dihydropyridines is 1. The first-order chi connectivity index (χ1) is 7.70. The fraction of sp³-hybridized carbons (Fsp3) is 0.100. The van der Waals surface area contributed by atoms with E-state index in [4.69, 9.17) is 11.0 Å². The van der Waals surface area contributed by atoms with Crippen LogP contribution in [0.1, 0.15) is 5.69 Å². The number of carbonyl (C=O) groups is 1. The number of nitrogens with zero attached hydrogens (tertiary/aromatic N) is 4. The monoisotopic (exact) mass is 213 g/mol. The highest BCUT2D eigenvalue weighted by Crippen LogP contribution is 2.17. The molecule has 0 saturated carbocycles. The maximum Gasteiger partial charge on any atom is 0.266 e. The van der Waals surface area contributed by atoms with E-state index in [1.807, 2.05) is 6.07 Å². The van der Waals surface area contributed by atoms with Gasteiger partial charge in [-0.15, -0.1) is 0 Å². The SMILES string of the molecule is N#CC1C=C(c2ccnc(N)n2)C=NC1=O. The molecular formula is C10H7N5O. The first kappa shape index (κ1) is 9.98. The molecule has 2 rings (SSSR count). The van der Waals surface area contributed by atoms with Crippen LogP contribution in [0.15, 0.2) is 23.3 Å². The first-order valence-electron chi connectivity index (χ1n) is 4.49. The van der Waals surface area contributed by atoms with Crippen LogP contribution in [0, 0.1) is 17.2 Å². The first-order valence-corrected chi connectivity index (χ1v) is 4.49. The number of allylic oxidation sites excluding steroid dienone is 1. The van der Waals surface area contributed by atoms with Crippen LogP contribution in [-0.2, 0) is 4.79 Å². The molecule has 6 nitrogen and oxygen atoms in total. The third-order valence-electron chi connectivity index (χ3n) is 2.05. The normalized spacial score (nSPS) is 19.1. The van der Waals surface area contributed by atoms with Crippen LogP contribution in [0.5, 0.6) is 0 Å². The molecule has 0 aliphatic carbocycles. The van der Waals surface area contributed by atoms with Gasteiger partial charge < -0.3 is 5.73 Å². The summed E-state index contributed by atoms with van der Waals surface area (Å²) in [6.07, 6.45) is 4.39. The summed E-state index contributed by atoms with van der Waals surface area (Å²) in [4.78, 5) is 22.5. The van der Waals surface area contributed by atoms with Gasteiger partial charge in [0.25, 0.3) is 5.91 Å². The molecule has 1 unspecified atom stereocenters. The van der Waals surface area contributed by atoms with Gasteiger partial charge in [0.1, 0.15) is 5.92 Å². The Bertz CT molecular complexity index is 540. The molecule has 1 aromatic rings. The van der Waals surface area contributed by atoms with Gasteiger partial charge in [-0.3, -0.25) is 4.79 Å². The third kappa shape index (κ3) is 1.79. The van der Waals surface area contributed by atoms with Gasteiger partial charge in [-0.25, -0.2) is 15.0 Å². The van der Waals surface area contributed by atoms with Gasteiger partial charge in [0, 0.05) is 18.0 Å². The van der Waals surface area contributed by atoms with E-state index in [-0.39, 0.29) is 5.95 Å². The highest BCUT2D eigenvalue weighted by Gasteiger charge is 2.19. The highest BCUT2D eigenvalue weighted by atomic mass is 16.1. The van der Waals surface area contributed by atoms with Gasteiger partial charge in [0.05, 0.1) is 11.8 Å². The Kier molecular flexibility index (Phi) is 2.44. The molecule has 78 valence electrons. The van der Waals surface area contributed by atoms with Crippen LogP contribution in [0.2, 0.25) is 0 Å². The van der Waals surface area contributed by atoms with Crippen LogP contribution < -0.4 is 5.73 Å². The molecule has 1 aromatic heterocycles. The number of hydrogen-bond donors (Lipinski definition) is 1. The lowest BCUT2D eigenvalue weighted by Gasteiger charge is -2.08. The second-order valence-electron chi connectivity index (χ2n) is 3.13. The molecule has 1 amide bonds. The standard InChI is InChI=1S/C10H7N5O/c11-4-6-3-7(5-14-9(6)16)8-1-2-13-10(12)15-8/h1-3,5-6H,(H2,12,13,15). The van der Waals surface area contributed by atoms with Crippen molar-refractivity contribution in [2.24, 2.45) is 10.9 Å². The van der Waals surface area contributed by atoms with E-state index in [1.54, 1.807) is 6.07 Å². The minimum atomic E-state index is -0.851. The molecule has 1 atom stereocenters. The Morgan fingerprint density at radius 2 is 2.31 bits per heavy atom. The fourth-order valence-electron chi connectivity index (χ4n) is 1.29. The molecule has 16 heavy (non-hydrogen) atoms. The number of amides is 1. The van der Waals surface area contributed by atoms with E-state index in [9.17, 15) is 4.79 Å². The Morgan fingerprint density at radius 1 is 1.50 bits per heavy atom. The molecule has 0 spiro atoms. The molecule has 1 aliphatic heterocycles. The molecule has 0 saturated heterocycles. The second-order valence-corrected chi connectivity index (χ2v) is 3.13. The van der Waals surface area contributed by atoms with E-state index < -0.39 is 11.8 Å². The van der Waals surface area contributed by atoms with Crippen molar-refractivity contribution in [1.29, 1.82) is 5.26 Å². The lowest BCUT2D eigenvalue weighted by atomic mass is 10.0. The van der Waals surface area contributed by atoms with Crippen LogP contribution >= 0.6 is 0 Å². The van der Waals surface area contributed by atoms with Crippen molar-refractivity contribution >= 4 is 23.6 Å². The topological polar surface area (TPSA) is 105 Å². The molecule has 2 heterocycles. The van der Waals surface area contributed by atoms with Crippen molar-refractivity contribution in [3.8, 4) is 6.07 Å². The Balaban J connectivity index is 2.40. The predicted octanol–water partition coefficient (Wildman–Crippen LogP) is 0.193. The number of carbonyl (C=O) groups excluding carboxylic acids is 1. The van der Waals surface area contributed by atoms with E-state index in [0.717, 1.165) is 0 Å². The van der Waals surface area contributed by atoms with Gasteiger partial charge in [0.15, 0.2) is 0 Å². The minimum Gasteiger partial charge on any atom is -0.368 e. The summed E-state index contributed by atoms with van der Waals surface area (Å²) < 4.78 is 0. The van der Waals surface area contributed by atoms with E-state index in [1.165, 1.54) is 18.5 Å². The average Bonchev–Trinajstić information content (AvgIpc) is 2.29. The van der Waals surface area contributed by atoms with Crippen molar-refractivity contribution in [2.75, 3.05) is 5.73 Å². The number of anilines is 1. The molecule has 0 bridgehead atoms. The van der Waals surface area contributed by atoms with E-state index in [2.05, 4.69) is 15.0 Å². The van der Waals surface area contributed by atoms with Crippen molar-refractivity contribution in [1.82, 2.24) is 9.97 Å². The summed E-state index contributed by atoms with van der Waals surface area (Å²) >= 11 is 0. The summed E-state index contributed by atoms with van der Waals surface area (Å²) in [6.45, 7) is 0. The largest absolute Gasteiger partial charge is 0.368 e. The Morgan fingerprint density at radius 3 is 3.00 bits per heavy atom. The third-order valence-corrected chi connectivity index (χ3v) is 2.05. The number of nitrogen functional groups attached to an aromatic ring is 1. The minimum absolute atomic E-state index is 0.136. The molecule has 2 N–H and O–H groups in total. The van der Waals surface area contributed by atoms with Crippen LogP contribution in [0.3, 0.4) is 0 Å². The zero-order chi connectivity index (χ0) is 11.5. The van der Waals surface area contributed by atoms with Gasteiger partial charge in [0.2, 0.25) is 5.95 Å². The Hall–Kier alpha value is -2.55. The number of aliphatic imine (C=N–C) groups is 1. The van der Waals surface area contributed by atoms with Crippen molar-refractivity contribution in [3.63, 3.8) is 0 Å². The van der Waals surface area contributed by atoms with Crippen LogP contribution in [0.4, 0.5) is 5.95 Å². The van der Waals surface area contributed by atoms with Gasteiger partial charge in [-0.2, -0.15) is 5.26 Å². The van der Waals surface area contributed by atoms with Gasteiger partial charge in [-0.05, 0) is 12.1 Å². The zero-order valence-corrected chi connectivity index (χ0v) is 8.16. The number of nitrogens with two attached hydrogens (primary N) is 1. The zero-order valence-electron chi connectivity index (χ0n) is 8.16. The summed E-state index contributed by atoms with van der Waals surface area (Å²) in [7, 11) is 0. The highest BCUT2D eigenvalue weighted by molar-refractivity contribution is 6.16. The van der Waals surface area contributed by atoms with Gasteiger partial charge >= 0.3 is 0 Å². The quantitative estimate of drug-likeness (QED) is 0.716. The molecule has 6 heteroatoms. The molecular weight excluding hydrogens is 206 g/mol. The summed E-state index contributed by atoms with van der Waals surface area (Å²) in [5, 5.41) is 8.73. The molecule has 1 aliphatic rings. The predicted molar refractivity (Wildman–Crippen MR) is 57.0 cm³/mol. The van der Waals surface area contributed by atoms with Crippen molar-refractivity contribution in [3.05, 3.63) is 24.0 Å². The maximum absolute atomic E-state index is 11.1. The summed E-state index contributed by atoms with van der Waals surface area (Å²) in [5.74, 6) is -1.18. The number of aromatic nitrogens is 2. The lowest BCUT2D eigenvalue weighted by molar-refractivity contribution is -0.118. The molecule has 0 radical (unpaired) electrons. The molecule has 0 aromatic carbocycles. The summed E-state index contributed by atoms with van der Waals surface area (Å²) in [6, 6.07) is 3.49. The van der Waals surface area contributed by atoms with Crippen molar-refractivity contribution < 1.29 is 4.79 Å². The van der Waals surface area contributed by atoms with Crippen LogP contribution in [0.25, 0.3) is 5.57 Å². The number of hydrogen-bond acceptors (Lipinski definition) is 5. The van der Waals surface area contributed by atoms with Crippen molar-refractivity contribution in [2.45, 2.75) is 0 Å². The Labute approximate surface area is 91.2 Å².